The second kappa shape index (κ2) is 5.10. The van der Waals surface area contributed by atoms with E-state index in [1.165, 1.54) is 17.5 Å². The summed E-state index contributed by atoms with van der Waals surface area (Å²) >= 11 is 0. The van der Waals surface area contributed by atoms with Gasteiger partial charge >= 0.3 is 6.03 Å². The number of nitrogens with zero attached hydrogens (tertiary/aromatic N) is 3. The van der Waals surface area contributed by atoms with Gasteiger partial charge in [-0.25, -0.2) is 9.78 Å². The van der Waals surface area contributed by atoms with Crippen molar-refractivity contribution in [2.75, 3.05) is 19.8 Å². The third kappa shape index (κ3) is 1.91. The highest BCUT2D eigenvalue weighted by Gasteiger charge is 2.46. The van der Waals surface area contributed by atoms with E-state index in [4.69, 9.17) is 9.25 Å². The number of amides is 2. The Balaban J connectivity index is 1.93. The Morgan fingerprint density at radius 1 is 1.65 bits per heavy atom. The van der Waals surface area contributed by atoms with E-state index in [0.29, 0.717) is 18.0 Å². The fourth-order valence-electron chi connectivity index (χ4n) is 2.55. The van der Waals surface area contributed by atoms with Crippen LogP contribution in [0.25, 0.3) is 5.57 Å². The molecular formula is C13H15N3O4. The zero-order valence-corrected chi connectivity index (χ0v) is 10.8. The molecule has 7 nitrogen and oxygen atoms in total. The van der Waals surface area contributed by atoms with Gasteiger partial charge in [0.25, 0.3) is 0 Å². The van der Waals surface area contributed by atoms with Gasteiger partial charge in [0.15, 0.2) is 0 Å². The summed E-state index contributed by atoms with van der Waals surface area (Å²) in [5.74, 6) is 0.414. The Bertz CT molecular complexity index is 540. The molecule has 2 bridgehead atoms. The highest BCUT2D eigenvalue weighted by molar-refractivity contribution is 5.83. The van der Waals surface area contributed by atoms with Crippen LogP contribution in [0.1, 0.15) is 5.89 Å². The van der Waals surface area contributed by atoms with E-state index in [1.807, 2.05) is 6.08 Å². The quantitative estimate of drug-likeness (QED) is 0.800. The average Bonchev–Trinajstić information content (AvgIpc) is 3.07. The van der Waals surface area contributed by atoms with Crippen molar-refractivity contribution < 1.29 is 19.2 Å². The highest BCUT2D eigenvalue weighted by Crippen LogP contribution is 2.33. The number of hydrogen-bond donors (Lipinski definition) is 1. The van der Waals surface area contributed by atoms with Crippen LogP contribution in [0, 0.1) is 0 Å². The molecule has 0 unspecified atom stereocenters. The fraction of sp³-hybridized carbons (Fsp3) is 0.385. The summed E-state index contributed by atoms with van der Waals surface area (Å²) in [6.45, 7) is 4.10. The third-order valence-corrected chi connectivity index (χ3v) is 3.41. The van der Waals surface area contributed by atoms with Crippen LogP contribution in [-0.4, -0.2) is 57.9 Å². The smallest absolute Gasteiger partial charge is 0.345 e. The molecule has 1 N–H and O–H groups in total. The number of carbonyl (C=O) groups excluding carboxylic acids is 1. The predicted octanol–water partition coefficient (Wildman–Crippen LogP) is 0.656. The number of aliphatic hydroxyl groups is 1. The molecule has 1 saturated heterocycles. The molecule has 2 aliphatic rings. The van der Waals surface area contributed by atoms with Crippen LogP contribution in [0.15, 0.2) is 35.6 Å². The maximum Gasteiger partial charge on any atom is 0.345 e. The van der Waals surface area contributed by atoms with E-state index >= 15 is 0 Å². The minimum Gasteiger partial charge on any atom is -0.445 e. The largest absolute Gasteiger partial charge is 0.445 e. The zero-order chi connectivity index (χ0) is 14.1. The first-order chi connectivity index (χ1) is 9.76. The molecule has 3 rings (SSSR count). The van der Waals surface area contributed by atoms with Gasteiger partial charge in [-0.05, 0) is 6.08 Å². The molecule has 7 heteroatoms. The van der Waals surface area contributed by atoms with E-state index in [0.717, 1.165) is 0 Å². The monoisotopic (exact) mass is 277 g/mol. The van der Waals surface area contributed by atoms with Crippen molar-refractivity contribution in [3.63, 3.8) is 0 Å². The van der Waals surface area contributed by atoms with Crippen LogP contribution in [0.5, 0.6) is 0 Å². The molecule has 2 aliphatic heterocycles. The normalized spacial score (nSPS) is 25.1. The number of hydrogen-bond acceptors (Lipinski definition) is 5. The first kappa shape index (κ1) is 12.9. The second-order valence-electron chi connectivity index (χ2n) is 4.57. The fourth-order valence-corrected chi connectivity index (χ4v) is 2.55. The summed E-state index contributed by atoms with van der Waals surface area (Å²) in [7, 11) is 0. The van der Waals surface area contributed by atoms with Gasteiger partial charge in [0, 0.05) is 12.1 Å². The first-order valence-electron chi connectivity index (χ1n) is 6.32. The number of rotatable bonds is 5. The predicted molar refractivity (Wildman–Crippen MR) is 69.2 cm³/mol. The standard InChI is InChI=1S/C13H15N3O4/c1-2-4-20-16-9-6-10(12-14-3-5-19-12)11(8-17)15(7-9)13(16)18/h2-3,5-6,9,11,17H,1,4,7-8H2/t9-,11+/m0/s1. The van der Waals surface area contributed by atoms with Gasteiger partial charge in [0.05, 0.1) is 31.5 Å². The van der Waals surface area contributed by atoms with Crippen LogP contribution < -0.4 is 0 Å². The Morgan fingerprint density at radius 3 is 3.15 bits per heavy atom. The van der Waals surface area contributed by atoms with E-state index in [9.17, 15) is 9.90 Å². The Morgan fingerprint density at radius 2 is 2.50 bits per heavy atom. The lowest BCUT2D eigenvalue weighted by Gasteiger charge is -2.28. The molecule has 0 radical (unpaired) electrons. The number of carbonyl (C=O) groups is 1. The summed E-state index contributed by atoms with van der Waals surface area (Å²) in [5, 5.41) is 10.9. The number of aromatic nitrogens is 1. The van der Waals surface area contributed by atoms with E-state index < -0.39 is 6.04 Å². The summed E-state index contributed by atoms with van der Waals surface area (Å²) in [5.41, 5.74) is 0.701. The van der Waals surface area contributed by atoms with Gasteiger partial charge in [-0.2, -0.15) is 5.06 Å². The van der Waals surface area contributed by atoms with Gasteiger partial charge < -0.3 is 14.4 Å². The molecule has 20 heavy (non-hydrogen) atoms. The summed E-state index contributed by atoms with van der Waals surface area (Å²) in [6.07, 6.45) is 6.43. The number of aliphatic hydroxyl groups excluding tert-OH is 1. The maximum atomic E-state index is 12.3. The Kier molecular flexibility index (Phi) is 3.29. The Labute approximate surface area is 115 Å². The third-order valence-electron chi connectivity index (χ3n) is 3.41. The molecule has 1 aromatic heterocycles. The van der Waals surface area contributed by atoms with Crippen molar-refractivity contribution in [2.45, 2.75) is 12.1 Å². The van der Waals surface area contributed by atoms with Crippen molar-refractivity contribution in [1.29, 1.82) is 0 Å². The van der Waals surface area contributed by atoms with Crippen LogP contribution in [0.4, 0.5) is 4.79 Å². The van der Waals surface area contributed by atoms with Crippen molar-refractivity contribution in [3.05, 3.63) is 37.1 Å². The minimum atomic E-state index is -0.463. The van der Waals surface area contributed by atoms with Crippen LogP contribution in [0.3, 0.4) is 0 Å². The van der Waals surface area contributed by atoms with E-state index in [2.05, 4.69) is 11.6 Å². The van der Waals surface area contributed by atoms with Crippen LogP contribution in [-0.2, 0) is 4.84 Å². The van der Waals surface area contributed by atoms with Gasteiger partial charge in [0.1, 0.15) is 6.26 Å². The summed E-state index contributed by atoms with van der Waals surface area (Å²) in [4.78, 5) is 23.3. The van der Waals surface area contributed by atoms with Crippen molar-refractivity contribution in [1.82, 2.24) is 14.9 Å². The second-order valence-corrected chi connectivity index (χ2v) is 4.57. The molecule has 0 spiro atoms. The molecule has 2 amide bonds. The molecule has 0 aliphatic carbocycles. The molecular weight excluding hydrogens is 262 g/mol. The molecule has 1 aromatic rings. The number of hydroxylamine groups is 2. The summed E-state index contributed by atoms with van der Waals surface area (Å²) in [6, 6.07) is -0.949. The first-order valence-corrected chi connectivity index (χ1v) is 6.32. The number of urea groups is 1. The number of oxazole rings is 1. The number of fused-ring (bicyclic) bond motifs is 2. The molecule has 0 aromatic carbocycles. The van der Waals surface area contributed by atoms with Gasteiger partial charge in [-0.3, -0.25) is 4.84 Å². The van der Waals surface area contributed by atoms with Crippen LogP contribution >= 0.6 is 0 Å². The van der Waals surface area contributed by atoms with Gasteiger partial charge in [-0.1, -0.05) is 6.08 Å². The van der Waals surface area contributed by atoms with Gasteiger partial charge in [0.2, 0.25) is 5.89 Å². The molecule has 0 saturated carbocycles. The van der Waals surface area contributed by atoms with Gasteiger partial charge in [-0.15, -0.1) is 6.58 Å². The lowest BCUT2D eigenvalue weighted by atomic mass is 10.00. The SMILES string of the molecule is C=CCON1C(=O)N2C[C@@H]1C=C(c1ncco1)[C@H]2CO. The van der Waals surface area contributed by atoms with E-state index in [-0.39, 0.29) is 25.3 Å². The molecule has 1 fully saturated rings. The summed E-state index contributed by atoms with van der Waals surface area (Å²) < 4.78 is 5.28. The molecule has 3 heterocycles. The van der Waals surface area contributed by atoms with Crippen LogP contribution in [0.2, 0.25) is 0 Å². The molecule has 2 atom stereocenters. The molecule has 106 valence electrons. The maximum absolute atomic E-state index is 12.3. The topological polar surface area (TPSA) is 79.0 Å². The lowest BCUT2D eigenvalue weighted by molar-refractivity contribution is -0.107. The Hall–Kier alpha value is -2.12. The highest BCUT2D eigenvalue weighted by atomic mass is 16.7. The van der Waals surface area contributed by atoms with Crippen molar-refractivity contribution in [3.8, 4) is 0 Å². The lowest BCUT2D eigenvalue weighted by Crippen LogP contribution is -2.42. The van der Waals surface area contributed by atoms with Crippen molar-refractivity contribution in [2.24, 2.45) is 0 Å². The zero-order valence-electron chi connectivity index (χ0n) is 10.8. The minimum absolute atomic E-state index is 0.192. The average molecular weight is 277 g/mol. The van der Waals surface area contributed by atoms with Crippen molar-refractivity contribution >= 4 is 11.6 Å². The van der Waals surface area contributed by atoms with E-state index in [1.54, 1.807) is 11.0 Å².